The predicted molar refractivity (Wildman–Crippen MR) is 253 cm³/mol. The molecular weight excluding hydrogens is 727 g/mol. The molecule has 0 aliphatic heterocycles. The topological polar surface area (TPSA) is 11.4 Å². The molecule has 3 heteroatoms. The van der Waals surface area contributed by atoms with E-state index in [4.69, 9.17) is 0 Å². The van der Waals surface area contributed by atoms with Crippen LogP contribution in [-0.2, 0) is 5.41 Å². The van der Waals surface area contributed by atoms with E-state index in [2.05, 4.69) is 253 Å². The molecule has 0 unspecified atom stereocenters. The van der Waals surface area contributed by atoms with Gasteiger partial charge in [-0.15, -0.1) is 0 Å². The zero-order valence-electron chi connectivity index (χ0n) is 33.7. The molecule has 0 fully saturated rings. The molecule has 11 rings (SSSR count). The molecule has 0 saturated heterocycles. The van der Waals surface area contributed by atoms with Crippen LogP contribution < -0.4 is 9.80 Å². The van der Waals surface area contributed by atoms with Crippen molar-refractivity contribution < 1.29 is 0 Å². The summed E-state index contributed by atoms with van der Waals surface area (Å²) in [6.45, 7) is 4.73. The fourth-order valence-corrected chi connectivity index (χ4v) is 9.58. The molecule has 0 spiro atoms. The van der Waals surface area contributed by atoms with Crippen molar-refractivity contribution in [3.63, 3.8) is 0 Å². The van der Waals surface area contributed by atoms with E-state index in [1.807, 2.05) is 0 Å². The highest BCUT2D eigenvalue weighted by Crippen LogP contribution is 2.56. The fraction of sp³-hybridized carbons (Fsp3) is 0.0526. The first-order valence-corrected chi connectivity index (χ1v) is 20.8. The van der Waals surface area contributed by atoms with E-state index < -0.39 is 0 Å². The maximum Gasteiger partial charge on any atom is 0.0583 e. The Labute approximate surface area is 351 Å². The fourth-order valence-electron chi connectivity index (χ4n) is 9.58. The Hall–Kier alpha value is -7.62. The molecule has 0 saturated carbocycles. The molecule has 0 N–H and O–H groups in total. The van der Waals surface area contributed by atoms with Crippen LogP contribution in [0, 0.1) is 0 Å². The first-order valence-electron chi connectivity index (χ1n) is 20.8. The molecule has 0 atom stereocenters. The molecule has 286 valence electrons. The lowest BCUT2D eigenvalue weighted by atomic mass is 9.82. The summed E-state index contributed by atoms with van der Waals surface area (Å²) in [7, 11) is 0. The summed E-state index contributed by atoms with van der Waals surface area (Å²) in [6, 6.07) is 81.6. The molecule has 1 aromatic heterocycles. The third-order valence-electron chi connectivity index (χ3n) is 12.3. The summed E-state index contributed by atoms with van der Waals surface area (Å²) in [5.41, 5.74) is 17.5. The zero-order valence-corrected chi connectivity index (χ0v) is 33.7. The van der Waals surface area contributed by atoms with Crippen LogP contribution in [0.3, 0.4) is 0 Å². The van der Waals surface area contributed by atoms with Crippen LogP contribution in [0.25, 0.3) is 49.7 Å². The third kappa shape index (κ3) is 5.73. The first kappa shape index (κ1) is 35.5. The number of rotatable bonds is 8. The summed E-state index contributed by atoms with van der Waals surface area (Å²) >= 11 is 0. The van der Waals surface area contributed by atoms with Gasteiger partial charge in [0.05, 0.1) is 28.1 Å². The van der Waals surface area contributed by atoms with E-state index in [1.165, 1.54) is 44.2 Å². The number of aromatic nitrogens is 1. The lowest BCUT2D eigenvalue weighted by Crippen LogP contribution is -2.16. The summed E-state index contributed by atoms with van der Waals surface area (Å²) in [6.07, 6.45) is 0. The van der Waals surface area contributed by atoms with E-state index in [0.717, 1.165) is 50.8 Å². The number of nitrogens with zero attached hydrogens (tertiary/aromatic N) is 3. The second kappa shape index (κ2) is 14.3. The van der Waals surface area contributed by atoms with Gasteiger partial charge in [0, 0.05) is 44.5 Å². The molecule has 10 aromatic rings. The van der Waals surface area contributed by atoms with Crippen LogP contribution in [0.4, 0.5) is 34.1 Å². The molecule has 3 nitrogen and oxygen atoms in total. The van der Waals surface area contributed by atoms with E-state index in [1.54, 1.807) is 0 Å². The lowest BCUT2D eigenvalue weighted by molar-refractivity contribution is 0.660. The normalized spacial score (nSPS) is 12.6. The van der Waals surface area contributed by atoms with Crippen molar-refractivity contribution in [2.45, 2.75) is 19.3 Å². The molecule has 0 amide bonds. The quantitative estimate of drug-likeness (QED) is 0.152. The summed E-state index contributed by atoms with van der Waals surface area (Å²) in [4.78, 5) is 4.91. The second-order valence-corrected chi connectivity index (χ2v) is 16.2. The van der Waals surface area contributed by atoms with Gasteiger partial charge in [0.25, 0.3) is 0 Å². The monoisotopic (exact) mass is 769 g/mol. The number of para-hydroxylation sites is 4. The minimum atomic E-state index is -0.152. The number of hydrogen-bond donors (Lipinski definition) is 0. The summed E-state index contributed by atoms with van der Waals surface area (Å²) in [5, 5.41) is 2.39. The van der Waals surface area contributed by atoms with Gasteiger partial charge in [0.2, 0.25) is 0 Å². The number of fused-ring (bicyclic) bond motifs is 6. The van der Waals surface area contributed by atoms with Crippen LogP contribution in [0.1, 0.15) is 25.0 Å². The van der Waals surface area contributed by atoms with Crippen molar-refractivity contribution in [3.8, 4) is 27.9 Å². The standard InChI is InChI=1S/C57H43N3/c1-57(2)49-30-17-15-28-47(49)55-50(57)31-19-33-52(55)60(44-26-13-6-14-27-44)54-39-46(58(42-22-9-4-10-23-42)43-24-11-5-12-25-43)38-53-56(54)48-29-16-18-32-51(48)59(53)45-36-34-41(35-37-45)40-20-7-3-8-21-40/h3-39H,1-2H3. The highest BCUT2D eigenvalue weighted by atomic mass is 15.2. The molecule has 0 bridgehead atoms. The van der Waals surface area contributed by atoms with Crippen molar-refractivity contribution in [1.82, 2.24) is 4.57 Å². The third-order valence-corrected chi connectivity index (χ3v) is 12.3. The van der Waals surface area contributed by atoms with E-state index in [0.29, 0.717) is 0 Å². The Morgan fingerprint density at radius 3 is 1.58 bits per heavy atom. The summed E-state index contributed by atoms with van der Waals surface area (Å²) in [5.74, 6) is 0. The van der Waals surface area contributed by atoms with Gasteiger partial charge < -0.3 is 14.4 Å². The van der Waals surface area contributed by atoms with Crippen molar-refractivity contribution >= 4 is 55.9 Å². The second-order valence-electron chi connectivity index (χ2n) is 16.2. The van der Waals surface area contributed by atoms with Crippen molar-refractivity contribution in [3.05, 3.63) is 236 Å². The molecule has 0 radical (unpaired) electrons. The van der Waals surface area contributed by atoms with Crippen LogP contribution in [-0.4, -0.2) is 4.57 Å². The van der Waals surface area contributed by atoms with Crippen molar-refractivity contribution in [2.24, 2.45) is 0 Å². The molecular formula is C57H43N3. The number of benzene rings is 9. The van der Waals surface area contributed by atoms with Gasteiger partial charge in [-0.05, 0) is 101 Å². The minimum absolute atomic E-state index is 0.152. The molecule has 1 aliphatic carbocycles. The molecule has 9 aromatic carbocycles. The van der Waals surface area contributed by atoms with Gasteiger partial charge in [-0.1, -0.05) is 166 Å². The van der Waals surface area contributed by atoms with E-state index >= 15 is 0 Å². The van der Waals surface area contributed by atoms with Crippen LogP contribution in [0.2, 0.25) is 0 Å². The van der Waals surface area contributed by atoms with Crippen molar-refractivity contribution in [2.75, 3.05) is 9.80 Å². The molecule has 60 heavy (non-hydrogen) atoms. The van der Waals surface area contributed by atoms with Gasteiger partial charge in [-0.25, -0.2) is 0 Å². The molecule has 1 heterocycles. The van der Waals surface area contributed by atoms with E-state index in [9.17, 15) is 0 Å². The maximum atomic E-state index is 2.52. The average Bonchev–Trinajstić information content (AvgIpc) is 3.77. The minimum Gasteiger partial charge on any atom is -0.310 e. The Balaban J connectivity index is 1.26. The van der Waals surface area contributed by atoms with Crippen LogP contribution >= 0.6 is 0 Å². The smallest absolute Gasteiger partial charge is 0.0583 e. The van der Waals surface area contributed by atoms with Gasteiger partial charge in [0.15, 0.2) is 0 Å². The zero-order chi connectivity index (χ0) is 40.2. The van der Waals surface area contributed by atoms with Crippen LogP contribution in [0.15, 0.2) is 224 Å². The lowest BCUT2D eigenvalue weighted by Gasteiger charge is -2.32. The highest BCUT2D eigenvalue weighted by molar-refractivity contribution is 6.18. The Bertz CT molecular complexity index is 3110. The average molecular weight is 770 g/mol. The van der Waals surface area contributed by atoms with Gasteiger partial charge in [-0.2, -0.15) is 0 Å². The first-order chi connectivity index (χ1) is 29.6. The predicted octanol–water partition coefficient (Wildman–Crippen LogP) is 15.7. The molecule has 1 aliphatic rings. The Morgan fingerprint density at radius 1 is 0.383 bits per heavy atom. The Morgan fingerprint density at radius 2 is 0.917 bits per heavy atom. The maximum absolute atomic E-state index is 2.52. The van der Waals surface area contributed by atoms with Gasteiger partial charge in [-0.3, -0.25) is 0 Å². The van der Waals surface area contributed by atoms with Crippen LogP contribution in [0.5, 0.6) is 0 Å². The summed E-state index contributed by atoms with van der Waals surface area (Å²) < 4.78 is 2.46. The number of anilines is 6. The SMILES string of the molecule is CC1(C)c2ccccc2-c2c(N(c3ccccc3)c3cc(N(c4ccccc4)c4ccccc4)cc4c3c3ccccc3n4-c3ccc(-c4ccccc4)cc3)cccc21. The van der Waals surface area contributed by atoms with Gasteiger partial charge >= 0.3 is 0 Å². The largest absolute Gasteiger partial charge is 0.310 e. The number of hydrogen-bond acceptors (Lipinski definition) is 2. The highest BCUT2D eigenvalue weighted by Gasteiger charge is 2.38. The van der Waals surface area contributed by atoms with Crippen molar-refractivity contribution in [1.29, 1.82) is 0 Å². The Kier molecular flexibility index (Phi) is 8.49. The van der Waals surface area contributed by atoms with E-state index in [-0.39, 0.29) is 5.41 Å². The van der Waals surface area contributed by atoms with Gasteiger partial charge in [0.1, 0.15) is 0 Å².